The molecule has 0 bridgehead atoms. The maximum Gasteiger partial charge on any atom is 0.176 e. The van der Waals surface area contributed by atoms with Crippen LogP contribution in [-0.2, 0) is 13.5 Å². The lowest BCUT2D eigenvalue weighted by atomic mass is 9.89. The van der Waals surface area contributed by atoms with Gasteiger partial charge in [-0.2, -0.15) is 4.80 Å². The van der Waals surface area contributed by atoms with Crippen LogP contribution in [0.4, 0.5) is 0 Å². The van der Waals surface area contributed by atoms with Crippen LogP contribution in [0.15, 0.2) is 0 Å². The number of hydrogen-bond acceptors (Lipinski definition) is 4. The van der Waals surface area contributed by atoms with Crippen LogP contribution in [0.5, 0.6) is 0 Å². The standard InChI is InChI=1S/C11H23N5/c1-4-6-9(7-5-2)10(12)8-11-13-15-16(3)14-11/h9-10H,4-8,12H2,1-3H3. The molecule has 0 aliphatic heterocycles. The second-order valence-corrected chi connectivity index (χ2v) is 4.40. The van der Waals surface area contributed by atoms with Gasteiger partial charge in [0.05, 0.1) is 7.05 Å². The van der Waals surface area contributed by atoms with Crippen LogP contribution in [0.1, 0.15) is 45.4 Å². The van der Waals surface area contributed by atoms with Crippen molar-refractivity contribution in [3.8, 4) is 0 Å². The van der Waals surface area contributed by atoms with Crippen molar-refractivity contribution in [1.29, 1.82) is 0 Å². The molecule has 0 aliphatic rings. The third kappa shape index (κ3) is 3.89. The van der Waals surface area contributed by atoms with Crippen molar-refractivity contribution in [3.05, 3.63) is 5.82 Å². The highest BCUT2D eigenvalue weighted by Crippen LogP contribution is 2.18. The number of hydrogen-bond donors (Lipinski definition) is 1. The highest BCUT2D eigenvalue weighted by molar-refractivity contribution is 4.86. The van der Waals surface area contributed by atoms with E-state index < -0.39 is 0 Å². The average Bonchev–Trinajstić information content (AvgIpc) is 2.63. The Balaban J connectivity index is 2.50. The summed E-state index contributed by atoms with van der Waals surface area (Å²) in [5, 5.41) is 12.0. The quantitative estimate of drug-likeness (QED) is 0.759. The first kappa shape index (κ1) is 13.1. The summed E-state index contributed by atoms with van der Waals surface area (Å²) in [5.74, 6) is 1.34. The van der Waals surface area contributed by atoms with Crippen LogP contribution in [0.2, 0.25) is 0 Å². The monoisotopic (exact) mass is 225 g/mol. The largest absolute Gasteiger partial charge is 0.327 e. The molecule has 5 heteroatoms. The zero-order valence-electron chi connectivity index (χ0n) is 10.6. The number of aryl methyl sites for hydroxylation is 1. The minimum Gasteiger partial charge on any atom is -0.327 e. The van der Waals surface area contributed by atoms with Crippen LogP contribution in [0.3, 0.4) is 0 Å². The molecule has 1 atom stereocenters. The number of nitrogens with two attached hydrogens (primary N) is 1. The normalized spacial score (nSPS) is 13.3. The van der Waals surface area contributed by atoms with E-state index in [1.807, 2.05) is 0 Å². The molecular formula is C11H23N5. The molecule has 1 aromatic rings. The predicted octanol–water partition coefficient (Wildman–Crippen LogP) is 1.30. The van der Waals surface area contributed by atoms with Gasteiger partial charge in [0.15, 0.2) is 5.82 Å². The minimum atomic E-state index is 0.157. The molecule has 16 heavy (non-hydrogen) atoms. The van der Waals surface area contributed by atoms with E-state index >= 15 is 0 Å². The van der Waals surface area contributed by atoms with E-state index in [-0.39, 0.29) is 6.04 Å². The molecule has 0 spiro atoms. The van der Waals surface area contributed by atoms with Crippen molar-refractivity contribution >= 4 is 0 Å². The molecule has 1 unspecified atom stereocenters. The molecule has 1 rings (SSSR count). The first-order valence-corrected chi connectivity index (χ1v) is 6.15. The molecule has 0 aromatic carbocycles. The van der Waals surface area contributed by atoms with Gasteiger partial charge in [0, 0.05) is 12.5 Å². The van der Waals surface area contributed by atoms with E-state index in [1.165, 1.54) is 30.5 Å². The highest BCUT2D eigenvalue weighted by Gasteiger charge is 2.18. The summed E-state index contributed by atoms with van der Waals surface area (Å²) in [6.45, 7) is 4.41. The summed E-state index contributed by atoms with van der Waals surface area (Å²) in [6.07, 6.45) is 5.49. The molecule has 0 aliphatic carbocycles. The first-order valence-electron chi connectivity index (χ1n) is 6.15. The summed E-state index contributed by atoms with van der Waals surface area (Å²) >= 11 is 0. The molecule has 0 fully saturated rings. The van der Waals surface area contributed by atoms with E-state index in [1.54, 1.807) is 7.05 Å². The van der Waals surface area contributed by atoms with Gasteiger partial charge in [0.2, 0.25) is 0 Å². The molecular weight excluding hydrogens is 202 g/mol. The summed E-state index contributed by atoms with van der Waals surface area (Å²) < 4.78 is 0. The molecule has 0 radical (unpaired) electrons. The van der Waals surface area contributed by atoms with Crippen LogP contribution in [0.25, 0.3) is 0 Å². The van der Waals surface area contributed by atoms with Crippen molar-refractivity contribution < 1.29 is 0 Å². The lowest BCUT2D eigenvalue weighted by Crippen LogP contribution is -2.32. The van der Waals surface area contributed by atoms with E-state index in [0.29, 0.717) is 5.92 Å². The maximum absolute atomic E-state index is 6.21. The highest BCUT2D eigenvalue weighted by atomic mass is 15.6. The Kier molecular flexibility index (Phi) is 5.38. The van der Waals surface area contributed by atoms with Gasteiger partial charge >= 0.3 is 0 Å². The molecule has 0 saturated heterocycles. The second kappa shape index (κ2) is 6.58. The fraction of sp³-hybridized carbons (Fsp3) is 0.909. The predicted molar refractivity (Wildman–Crippen MR) is 63.8 cm³/mol. The van der Waals surface area contributed by atoms with Crippen molar-refractivity contribution in [2.75, 3.05) is 0 Å². The Morgan fingerprint density at radius 1 is 1.25 bits per heavy atom. The third-order valence-electron chi connectivity index (χ3n) is 2.89. The summed E-state index contributed by atoms with van der Waals surface area (Å²) in [7, 11) is 1.78. The zero-order chi connectivity index (χ0) is 12.0. The number of aromatic nitrogens is 4. The van der Waals surface area contributed by atoms with Gasteiger partial charge in [0.25, 0.3) is 0 Å². The van der Waals surface area contributed by atoms with Crippen LogP contribution < -0.4 is 5.73 Å². The first-order chi connectivity index (χ1) is 7.67. The van der Waals surface area contributed by atoms with Gasteiger partial charge in [-0.05, 0) is 24.0 Å². The van der Waals surface area contributed by atoms with Crippen LogP contribution >= 0.6 is 0 Å². The second-order valence-electron chi connectivity index (χ2n) is 4.40. The zero-order valence-corrected chi connectivity index (χ0v) is 10.6. The van der Waals surface area contributed by atoms with Crippen LogP contribution in [0, 0.1) is 5.92 Å². The van der Waals surface area contributed by atoms with Crippen molar-refractivity contribution in [3.63, 3.8) is 0 Å². The van der Waals surface area contributed by atoms with Gasteiger partial charge in [-0.25, -0.2) is 0 Å². The topological polar surface area (TPSA) is 69.6 Å². The van der Waals surface area contributed by atoms with Gasteiger partial charge in [0.1, 0.15) is 0 Å². The Labute approximate surface area is 97.4 Å². The Hall–Kier alpha value is -0.970. The lowest BCUT2D eigenvalue weighted by Gasteiger charge is -2.21. The molecule has 5 nitrogen and oxygen atoms in total. The van der Waals surface area contributed by atoms with Gasteiger partial charge < -0.3 is 5.73 Å². The van der Waals surface area contributed by atoms with Gasteiger partial charge in [-0.1, -0.05) is 26.7 Å². The maximum atomic E-state index is 6.21. The smallest absolute Gasteiger partial charge is 0.176 e. The number of nitrogens with zero attached hydrogens (tertiary/aromatic N) is 4. The lowest BCUT2D eigenvalue weighted by molar-refractivity contribution is 0.356. The SMILES string of the molecule is CCCC(CCC)C(N)Cc1nnn(C)n1. The number of rotatable bonds is 7. The van der Waals surface area contributed by atoms with Crippen molar-refractivity contribution in [1.82, 2.24) is 20.2 Å². The molecule has 0 amide bonds. The molecule has 1 aromatic heterocycles. The van der Waals surface area contributed by atoms with E-state index in [9.17, 15) is 0 Å². The van der Waals surface area contributed by atoms with Crippen molar-refractivity contribution in [2.24, 2.45) is 18.7 Å². The van der Waals surface area contributed by atoms with Crippen LogP contribution in [-0.4, -0.2) is 26.2 Å². The van der Waals surface area contributed by atoms with Crippen molar-refractivity contribution in [2.45, 2.75) is 52.0 Å². The Morgan fingerprint density at radius 3 is 2.31 bits per heavy atom. The van der Waals surface area contributed by atoms with E-state index in [4.69, 9.17) is 5.73 Å². The molecule has 92 valence electrons. The fourth-order valence-electron chi connectivity index (χ4n) is 2.10. The molecule has 1 heterocycles. The molecule has 0 saturated carbocycles. The fourth-order valence-corrected chi connectivity index (χ4v) is 2.10. The Morgan fingerprint density at radius 2 is 1.88 bits per heavy atom. The average molecular weight is 225 g/mol. The van der Waals surface area contributed by atoms with E-state index in [0.717, 1.165) is 12.2 Å². The molecule has 2 N–H and O–H groups in total. The number of tetrazole rings is 1. The summed E-state index contributed by atoms with van der Waals surface area (Å²) in [6, 6.07) is 0.157. The summed E-state index contributed by atoms with van der Waals surface area (Å²) in [5.41, 5.74) is 6.21. The Bertz CT molecular complexity index is 290. The van der Waals surface area contributed by atoms with E-state index in [2.05, 4.69) is 29.3 Å². The summed E-state index contributed by atoms with van der Waals surface area (Å²) in [4.78, 5) is 1.48. The third-order valence-corrected chi connectivity index (χ3v) is 2.89. The minimum absolute atomic E-state index is 0.157. The van der Waals surface area contributed by atoms with Gasteiger partial charge in [-0.3, -0.25) is 0 Å². The van der Waals surface area contributed by atoms with Gasteiger partial charge in [-0.15, -0.1) is 10.2 Å².